The highest BCUT2D eigenvalue weighted by Gasteiger charge is 2.55. The topological polar surface area (TPSA) is 73.1 Å². The van der Waals surface area contributed by atoms with Gasteiger partial charge in [-0.3, -0.25) is 14.2 Å². The average molecular weight is 373 g/mol. The number of fused-ring (bicyclic) bond motifs is 6. The third kappa shape index (κ3) is 2.28. The molecule has 3 heterocycles. The maximum atomic E-state index is 13.1. The Balaban J connectivity index is 2.08. The van der Waals surface area contributed by atoms with E-state index in [1.54, 1.807) is 17.7 Å². The van der Waals surface area contributed by atoms with Crippen LogP contribution in [-0.2, 0) is 9.53 Å². The molecule has 26 heavy (non-hydrogen) atoms. The Kier molecular flexibility index (Phi) is 3.69. The van der Waals surface area contributed by atoms with Crippen LogP contribution in [0.4, 0.5) is 0 Å². The van der Waals surface area contributed by atoms with Gasteiger partial charge in [0.15, 0.2) is 4.80 Å². The Bertz CT molecular complexity index is 1070. The monoisotopic (exact) mass is 373 g/mol. The molecule has 1 aromatic heterocycles. The molecule has 0 spiro atoms. The summed E-state index contributed by atoms with van der Waals surface area (Å²) in [6, 6.07) is 6.93. The van der Waals surface area contributed by atoms with Crippen LogP contribution in [0.25, 0.3) is 6.20 Å². The number of carbonyl (C=O) groups excluding carboxylic acids is 1. The fourth-order valence-corrected chi connectivity index (χ4v) is 4.82. The molecule has 2 bridgehead atoms. The van der Waals surface area contributed by atoms with Gasteiger partial charge in [-0.05, 0) is 13.0 Å². The van der Waals surface area contributed by atoms with Gasteiger partial charge in [0.25, 0.3) is 5.56 Å². The Hall–Kier alpha value is -2.61. The number of thiazole rings is 1. The smallest absolute Gasteiger partial charge is 0.317 e. The lowest BCUT2D eigenvalue weighted by Crippen LogP contribution is -2.58. The van der Waals surface area contributed by atoms with Crippen LogP contribution in [0.3, 0.4) is 0 Å². The Labute approximate surface area is 153 Å². The third-order valence-corrected chi connectivity index (χ3v) is 5.68. The predicted octanol–water partition coefficient (Wildman–Crippen LogP) is 0.330. The second-order valence-corrected chi connectivity index (χ2v) is 7.78. The lowest BCUT2D eigenvalue weighted by molar-refractivity contribution is -0.158. The summed E-state index contributed by atoms with van der Waals surface area (Å²) < 4.78 is 13.3. The first-order valence-corrected chi connectivity index (χ1v) is 9.02. The van der Waals surface area contributed by atoms with Crippen LogP contribution in [0.15, 0.2) is 34.1 Å². The molecular formula is C18H19N3O4S. The second-order valence-electron chi connectivity index (χ2n) is 6.77. The van der Waals surface area contributed by atoms with Gasteiger partial charge in [0.1, 0.15) is 16.2 Å². The van der Waals surface area contributed by atoms with E-state index in [4.69, 9.17) is 9.47 Å². The van der Waals surface area contributed by atoms with Crippen LogP contribution < -0.4 is 19.6 Å². The molecule has 8 heteroatoms. The van der Waals surface area contributed by atoms with Gasteiger partial charge in [0.2, 0.25) is 5.72 Å². The zero-order chi connectivity index (χ0) is 18.6. The molecule has 4 rings (SSSR count). The van der Waals surface area contributed by atoms with E-state index in [0.29, 0.717) is 15.1 Å². The van der Waals surface area contributed by atoms with E-state index in [2.05, 4.69) is 4.99 Å². The van der Waals surface area contributed by atoms with Crippen molar-refractivity contribution in [3.05, 3.63) is 49.5 Å². The first-order chi connectivity index (χ1) is 12.4. The van der Waals surface area contributed by atoms with E-state index in [-0.39, 0.29) is 5.56 Å². The van der Waals surface area contributed by atoms with Crippen molar-refractivity contribution in [1.29, 1.82) is 0 Å². The summed E-state index contributed by atoms with van der Waals surface area (Å²) in [5, 5.41) is 0. The third-order valence-electron chi connectivity index (χ3n) is 4.71. The average Bonchev–Trinajstić information content (AvgIpc) is 2.87. The first-order valence-electron chi connectivity index (χ1n) is 8.21. The van der Waals surface area contributed by atoms with Crippen molar-refractivity contribution >= 4 is 23.5 Å². The molecule has 0 amide bonds. The van der Waals surface area contributed by atoms with Crippen molar-refractivity contribution < 1.29 is 14.3 Å². The normalized spacial score (nSPS) is 26.2. The van der Waals surface area contributed by atoms with Crippen LogP contribution in [0.1, 0.15) is 18.5 Å². The van der Waals surface area contributed by atoms with Crippen molar-refractivity contribution in [1.82, 2.24) is 9.47 Å². The van der Waals surface area contributed by atoms with Gasteiger partial charge in [0.05, 0.1) is 13.2 Å². The van der Waals surface area contributed by atoms with Gasteiger partial charge in [-0.15, -0.1) is 0 Å². The SMILES string of the molecule is COC(=O)[C@H]1[C@H]2c3ccccc3O[C@@]1(C)N=c1s/c(=C\N(C)C)c(=O)n12. The van der Waals surface area contributed by atoms with Crippen LogP contribution >= 0.6 is 11.3 Å². The van der Waals surface area contributed by atoms with E-state index in [1.165, 1.54) is 18.4 Å². The number of benzene rings is 1. The lowest BCUT2D eigenvalue weighted by Gasteiger charge is -2.44. The molecule has 1 aromatic carbocycles. The number of hydrogen-bond acceptors (Lipinski definition) is 7. The lowest BCUT2D eigenvalue weighted by atomic mass is 9.81. The van der Waals surface area contributed by atoms with Crippen LogP contribution in [0.2, 0.25) is 0 Å². The molecule has 3 atom stereocenters. The highest BCUT2D eigenvalue weighted by Crippen LogP contribution is 2.47. The number of ether oxygens (including phenoxy) is 2. The summed E-state index contributed by atoms with van der Waals surface area (Å²) in [6.45, 7) is 1.76. The van der Waals surface area contributed by atoms with E-state index < -0.39 is 23.7 Å². The molecule has 0 unspecified atom stereocenters. The van der Waals surface area contributed by atoms with Crippen molar-refractivity contribution in [3.8, 4) is 5.75 Å². The molecule has 0 N–H and O–H groups in total. The minimum absolute atomic E-state index is 0.167. The maximum Gasteiger partial charge on any atom is 0.317 e. The minimum atomic E-state index is -1.13. The molecule has 2 aliphatic rings. The number of hydrogen-bond donors (Lipinski definition) is 0. The Morgan fingerprint density at radius 3 is 2.85 bits per heavy atom. The largest absolute Gasteiger partial charge is 0.469 e. The van der Waals surface area contributed by atoms with Crippen molar-refractivity contribution in [2.45, 2.75) is 18.7 Å². The molecule has 0 fully saturated rings. The molecule has 0 aliphatic carbocycles. The number of carbonyl (C=O) groups is 1. The van der Waals surface area contributed by atoms with E-state index in [0.717, 1.165) is 5.56 Å². The fourth-order valence-electron chi connectivity index (χ4n) is 3.66. The Morgan fingerprint density at radius 2 is 2.15 bits per heavy atom. The summed E-state index contributed by atoms with van der Waals surface area (Å²) in [5.74, 6) is -0.558. The van der Waals surface area contributed by atoms with Gasteiger partial charge < -0.3 is 14.4 Å². The minimum Gasteiger partial charge on any atom is -0.469 e. The summed E-state index contributed by atoms with van der Waals surface area (Å²) >= 11 is 1.30. The quantitative estimate of drug-likeness (QED) is 0.710. The molecule has 7 nitrogen and oxygen atoms in total. The standard InChI is InChI=1S/C18H19N3O4S/c1-18-13(16(23)24-4)14(10-7-5-6-8-11(10)25-18)21-15(22)12(9-20(2)3)26-17(21)19-18/h5-9,13-14H,1-4H3/b12-9-/t13-,14-,18-/m1/s1. The maximum absolute atomic E-state index is 13.1. The Morgan fingerprint density at radius 1 is 1.42 bits per heavy atom. The molecule has 2 aromatic rings. The highest BCUT2D eigenvalue weighted by molar-refractivity contribution is 7.06. The van der Waals surface area contributed by atoms with E-state index in [1.807, 2.05) is 43.3 Å². The molecule has 0 saturated carbocycles. The number of nitrogens with zero attached hydrogens (tertiary/aromatic N) is 3. The summed E-state index contributed by atoms with van der Waals surface area (Å²) in [6.07, 6.45) is 1.76. The predicted molar refractivity (Wildman–Crippen MR) is 96.6 cm³/mol. The van der Waals surface area contributed by atoms with Crippen molar-refractivity contribution in [3.63, 3.8) is 0 Å². The van der Waals surface area contributed by atoms with Crippen LogP contribution in [0, 0.1) is 5.92 Å². The number of rotatable bonds is 2. The number of para-hydroxylation sites is 1. The van der Waals surface area contributed by atoms with E-state index in [9.17, 15) is 9.59 Å². The highest BCUT2D eigenvalue weighted by atomic mass is 32.1. The fraction of sp³-hybridized carbons (Fsp3) is 0.389. The molecule has 0 saturated heterocycles. The summed E-state index contributed by atoms with van der Waals surface area (Å²) in [7, 11) is 5.05. The number of methoxy groups -OCH3 is 1. The molecule has 136 valence electrons. The zero-order valence-corrected chi connectivity index (χ0v) is 15.7. The zero-order valence-electron chi connectivity index (χ0n) is 14.9. The summed E-state index contributed by atoms with van der Waals surface area (Å²) in [4.78, 5) is 32.7. The van der Waals surface area contributed by atoms with Gasteiger partial charge in [-0.2, -0.15) is 0 Å². The van der Waals surface area contributed by atoms with Gasteiger partial charge in [-0.1, -0.05) is 29.5 Å². The molecular weight excluding hydrogens is 354 g/mol. The van der Waals surface area contributed by atoms with Crippen LogP contribution in [0.5, 0.6) is 5.75 Å². The van der Waals surface area contributed by atoms with Gasteiger partial charge in [-0.25, -0.2) is 4.99 Å². The number of aromatic nitrogens is 1. The summed E-state index contributed by atoms with van der Waals surface area (Å²) in [5.41, 5.74) is -0.508. The van der Waals surface area contributed by atoms with E-state index >= 15 is 0 Å². The molecule has 0 radical (unpaired) electrons. The van der Waals surface area contributed by atoms with Gasteiger partial charge >= 0.3 is 5.97 Å². The number of esters is 1. The van der Waals surface area contributed by atoms with Gasteiger partial charge in [0, 0.05) is 25.9 Å². The van der Waals surface area contributed by atoms with Crippen molar-refractivity contribution in [2.24, 2.45) is 10.9 Å². The first kappa shape index (κ1) is 16.8. The van der Waals surface area contributed by atoms with Crippen molar-refractivity contribution in [2.75, 3.05) is 21.2 Å². The molecule has 2 aliphatic heterocycles. The second kappa shape index (κ2) is 5.70. The van der Waals surface area contributed by atoms with Crippen LogP contribution in [-0.4, -0.2) is 42.4 Å².